The summed E-state index contributed by atoms with van der Waals surface area (Å²) in [6, 6.07) is 19.9. The lowest BCUT2D eigenvalue weighted by Crippen LogP contribution is -2.41. The second-order valence-electron chi connectivity index (χ2n) is 7.64. The first-order valence-corrected chi connectivity index (χ1v) is 10.6. The largest absolute Gasteiger partial charge is 0.342 e. The Hall–Kier alpha value is -2.92. The minimum absolute atomic E-state index is 0.138. The van der Waals surface area contributed by atoms with Gasteiger partial charge >= 0.3 is 0 Å². The number of hydrogen-bond acceptors (Lipinski definition) is 3. The van der Waals surface area contributed by atoms with Gasteiger partial charge in [-0.05, 0) is 52.4 Å². The highest BCUT2D eigenvalue weighted by atomic mass is 16.2. The van der Waals surface area contributed by atoms with Crippen molar-refractivity contribution >= 4 is 5.91 Å². The Bertz CT molecular complexity index is 962. The second kappa shape index (κ2) is 9.72. The number of para-hydroxylation sites is 1. The molecule has 1 heterocycles. The van der Waals surface area contributed by atoms with E-state index in [0.29, 0.717) is 19.6 Å². The molecule has 5 heteroatoms. The Morgan fingerprint density at radius 2 is 1.53 bits per heavy atom. The van der Waals surface area contributed by atoms with E-state index in [4.69, 9.17) is 5.10 Å². The maximum Gasteiger partial charge on any atom is 0.244 e. The van der Waals surface area contributed by atoms with Crippen molar-refractivity contribution in [1.29, 1.82) is 0 Å². The van der Waals surface area contributed by atoms with Gasteiger partial charge in [0.1, 0.15) is 6.04 Å². The zero-order valence-electron chi connectivity index (χ0n) is 18.7. The van der Waals surface area contributed by atoms with Gasteiger partial charge in [0.2, 0.25) is 5.91 Å². The van der Waals surface area contributed by atoms with E-state index in [2.05, 4.69) is 24.0 Å². The summed E-state index contributed by atoms with van der Waals surface area (Å²) in [6.07, 6.45) is 0. The maximum atomic E-state index is 13.4. The number of benzene rings is 2. The van der Waals surface area contributed by atoms with Gasteiger partial charge in [0.05, 0.1) is 11.4 Å². The predicted octanol–water partition coefficient (Wildman–Crippen LogP) is 4.53. The fraction of sp³-hybridized carbons (Fsp3) is 0.360. The molecule has 0 saturated heterocycles. The average molecular weight is 405 g/mol. The van der Waals surface area contributed by atoms with E-state index in [0.717, 1.165) is 28.2 Å². The first kappa shape index (κ1) is 21.8. The molecule has 3 aromatic rings. The summed E-state index contributed by atoms with van der Waals surface area (Å²) in [5, 5.41) is 4.77. The Morgan fingerprint density at radius 3 is 2.10 bits per heavy atom. The van der Waals surface area contributed by atoms with Crippen LogP contribution in [-0.2, 0) is 11.3 Å². The van der Waals surface area contributed by atoms with Crippen molar-refractivity contribution in [3.8, 4) is 5.69 Å². The van der Waals surface area contributed by atoms with E-state index in [-0.39, 0.29) is 11.9 Å². The zero-order valence-corrected chi connectivity index (χ0v) is 18.7. The van der Waals surface area contributed by atoms with E-state index >= 15 is 0 Å². The molecule has 0 aliphatic carbocycles. The van der Waals surface area contributed by atoms with Crippen molar-refractivity contribution in [3.05, 3.63) is 83.2 Å². The second-order valence-corrected chi connectivity index (χ2v) is 7.64. The van der Waals surface area contributed by atoms with Crippen LogP contribution in [0.25, 0.3) is 5.69 Å². The van der Waals surface area contributed by atoms with E-state index in [1.54, 1.807) is 0 Å². The first-order chi connectivity index (χ1) is 14.5. The number of aromatic nitrogens is 2. The number of aryl methyl sites for hydroxylation is 1. The first-order valence-electron chi connectivity index (χ1n) is 10.6. The Balaban J connectivity index is 1.94. The maximum absolute atomic E-state index is 13.4. The highest BCUT2D eigenvalue weighted by molar-refractivity contribution is 5.83. The quantitative estimate of drug-likeness (QED) is 0.554. The topological polar surface area (TPSA) is 41.4 Å². The zero-order chi connectivity index (χ0) is 21.7. The van der Waals surface area contributed by atoms with Crippen molar-refractivity contribution in [2.75, 3.05) is 20.1 Å². The van der Waals surface area contributed by atoms with Crippen molar-refractivity contribution < 1.29 is 4.79 Å². The van der Waals surface area contributed by atoms with Crippen LogP contribution in [0.1, 0.15) is 42.4 Å². The van der Waals surface area contributed by atoms with Gasteiger partial charge in [0.15, 0.2) is 0 Å². The normalized spacial score (nSPS) is 12.2. The molecular weight excluding hydrogens is 372 g/mol. The summed E-state index contributed by atoms with van der Waals surface area (Å²) < 4.78 is 1.99. The molecule has 1 aromatic heterocycles. The monoisotopic (exact) mass is 404 g/mol. The van der Waals surface area contributed by atoms with Crippen molar-refractivity contribution in [3.63, 3.8) is 0 Å². The van der Waals surface area contributed by atoms with Gasteiger partial charge in [-0.2, -0.15) is 5.10 Å². The average Bonchev–Trinajstić information content (AvgIpc) is 3.04. The summed E-state index contributed by atoms with van der Waals surface area (Å²) in [7, 11) is 2.03. The van der Waals surface area contributed by atoms with Crippen LogP contribution in [0.2, 0.25) is 0 Å². The van der Waals surface area contributed by atoms with Crippen LogP contribution >= 0.6 is 0 Å². The summed E-state index contributed by atoms with van der Waals surface area (Å²) >= 11 is 0. The molecule has 1 atom stereocenters. The highest BCUT2D eigenvalue weighted by Gasteiger charge is 2.29. The van der Waals surface area contributed by atoms with Crippen LogP contribution in [-0.4, -0.2) is 45.6 Å². The lowest BCUT2D eigenvalue weighted by atomic mass is 10.0. The van der Waals surface area contributed by atoms with Crippen LogP contribution in [0, 0.1) is 13.8 Å². The molecule has 1 unspecified atom stereocenters. The van der Waals surface area contributed by atoms with Crippen molar-refractivity contribution in [2.45, 2.75) is 40.3 Å². The summed E-state index contributed by atoms with van der Waals surface area (Å²) in [5.41, 5.74) is 5.32. The molecule has 0 saturated carbocycles. The van der Waals surface area contributed by atoms with Gasteiger partial charge in [-0.15, -0.1) is 0 Å². The molecule has 3 rings (SSSR count). The number of hydrogen-bond donors (Lipinski definition) is 0. The van der Waals surface area contributed by atoms with Gasteiger partial charge in [-0.1, -0.05) is 48.5 Å². The van der Waals surface area contributed by atoms with Crippen LogP contribution in [0.4, 0.5) is 0 Å². The lowest BCUT2D eigenvalue weighted by Gasteiger charge is -2.32. The molecule has 0 radical (unpaired) electrons. The smallest absolute Gasteiger partial charge is 0.244 e. The SMILES string of the molecule is CCN(CC)C(=O)C(c1ccccc1)N(C)Cc1c(C)nn(-c2ccccc2)c1C. The molecule has 158 valence electrons. The number of likely N-dealkylation sites (N-methyl/N-ethyl adjacent to an activating group) is 2. The third-order valence-electron chi connectivity index (χ3n) is 5.71. The molecule has 0 fully saturated rings. The molecule has 30 heavy (non-hydrogen) atoms. The van der Waals surface area contributed by atoms with Crippen molar-refractivity contribution in [1.82, 2.24) is 19.6 Å². The fourth-order valence-corrected chi connectivity index (χ4v) is 3.99. The standard InChI is InChI=1S/C25H32N4O/c1-6-28(7-2)25(30)24(21-14-10-8-11-15-21)27(5)18-23-19(3)26-29(20(23)4)22-16-12-9-13-17-22/h8-17,24H,6-7,18H2,1-5H3. The third kappa shape index (κ3) is 4.46. The fourth-order valence-electron chi connectivity index (χ4n) is 3.99. The van der Waals surface area contributed by atoms with Gasteiger partial charge in [0, 0.05) is 30.9 Å². The summed E-state index contributed by atoms with van der Waals surface area (Å²) in [6.45, 7) is 10.3. The Morgan fingerprint density at radius 1 is 0.967 bits per heavy atom. The molecular formula is C25H32N4O. The van der Waals surface area contributed by atoms with Gasteiger partial charge in [-0.3, -0.25) is 9.69 Å². The van der Waals surface area contributed by atoms with Gasteiger partial charge in [-0.25, -0.2) is 4.68 Å². The van der Waals surface area contributed by atoms with Crippen LogP contribution < -0.4 is 0 Å². The van der Waals surface area contributed by atoms with E-state index < -0.39 is 0 Å². The van der Waals surface area contributed by atoms with E-state index in [1.165, 1.54) is 0 Å². The molecule has 0 aliphatic heterocycles. The number of carbonyl (C=O) groups excluding carboxylic acids is 1. The van der Waals surface area contributed by atoms with Crippen LogP contribution in [0.3, 0.4) is 0 Å². The molecule has 1 amide bonds. The van der Waals surface area contributed by atoms with Gasteiger partial charge in [0.25, 0.3) is 0 Å². The van der Waals surface area contributed by atoms with Crippen molar-refractivity contribution in [2.24, 2.45) is 0 Å². The Kier molecular flexibility index (Phi) is 7.06. The third-order valence-corrected chi connectivity index (χ3v) is 5.71. The molecule has 0 spiro atoms. The number of nitrogens with zero attached hydrogens (tertiary/aromatic N) is 4. The molecule has 0 bridgehead atoms. The molecule has 0 N–H and O–H groups in total. The summed E-state index contributed by atoms with van der Waals surface area (Å²) in [5.74, 6) is 0.138. The molecule has 2 aromatic carbocycles. The summed E-state index contributed by atoms with van der Waals surface area (Å²) in [4.78, 5) is 17.4. The van der Waals surface area contributed by atoms with E-state index in [9.17, 15) is 4.79 Å². The Labute approximate surface area is 179 Å². The predicted molar refractivity (Wildman–Crippen MR) is 122 cm³/mol. The number of rotatable bonds is 8. The minimum atomic E-state index is -0.329. The van der Waals surface area contributed by atoms with Crippen LogP contribution in [0.5, 0.6) is 0 Å². The van der Waals surface area contributed by atoms with Crippen LogP contribution in [0.15, 0.2) is 60.7 Å². The minimum Gasteiger partial charge on any atom is -0.342 e. The molecule has 5 nitrogen and oxygen atoms in total. The van der Waals surface area contributed by atoms with Gasteiger partial charge < -0.3 is 4.90 Å². The highest BCUT2D eigenvalue weighted by Crippen LogP contribution is 2.26. The lowest BCUT2D eigenvalue weighted by molar-refractivity contribution is -0.136. The number of carbonyl (C=O) groups is 1. The molecule has 0 aliphatic rings. The van der Waals surface area contributed by atoms with E-state index in [1.807, 2.05) is 85.9 Å². The number of amides is 1.